The lowest BCUT2D eigenvalue weighted by atomic mass is 9.84. The van der Waals surface area contributed by atoms with Crippen molar-refractivity contribution in [2.24, 2.45) is 0 Å². The molecule has 1 saturated heterocycles. The summed E-state index contributed by atoms with van der Waals surface area (Å²) in [4.78, 5) is 9.03. The minimum Gasteiger partial charge on any atom is -0.306 e. The molecule has 3 rings (SSSR count). The predicted octanol–water partition coefficient (Wildman–Crippen LogP) is 2.55. The van der Waals surface area contributed by atoms with Crippen LogP contribution in [-0.2, 0) is 18.4 Å². The fourth-order valence-electron chi connectivity index (χ4n) is 3.51. The van der Waals surface area contributed by atoms with Gasteiger partial charge in [-0.25, -0.2) is 4.98 Å². The van der Waals surface area contributed by atoms with E-state index in [1.807, 2.05) is 11.3 Å². The molecule has 2 atom stereocenters. The van der Waals surface area contributed by atoms with Gasteiger partial charge in [-0.3, -0.25) is 0 Å². The van der Waals surface area contributed by atoms with Crippen LogP contribution < -0.4 is 5.32 Å². The van der Waals surface area contributed by atoms with Crippen molar-refractivity contribution in [3.05, 3.63) is 15.6 Å². The molecule has 2 aliphatic rings. The number of nitrogens with zero attached hydrogens (tertiary/aromatic N) is 2. The maximum atomic E-state index is 5.00. The molecule has 0 amide bonds. The second kappa shape index (κ2) is 5.15. The van der Waals surface area contributed by atoms with Gasteiger partial charge in [0.05, 0.1) is 11.2 Å². The number of thiazole rings is 1. The van der Waals surface area contributed by atoms with E-state index < -0.39 is 0 Å². The van der Waals surface area contributed by atoms with Crippen LogP contribution in [0.1, 0.15) is 48.7 Å². The van der Waals surface area contributed by atoms with E-state index in [-0.39, 0.29) is 5.54 Å². The van der Waals surface area contributed by atoms with Gasteiger partial charge in [0.15, 0.2) is 0 Å². The van der Waals surface area contributed by atoms with Gasteiger partial charge in [-0.15, -0.1) is 11.3 Å². The molecule has 0 bridgehead atoms. The average molecular weight is 279 g/mol. The normalized spacial score (nSPS) is 31.6. The summed E-state index contributed by atoms with van der Waals surface area (Å²) in [6, 6.07) is 0.631. The van der Waals surface area contributed by atoms with E-state index in [1.54, 1.807) is 4.88 Å². The number of rotatable bonds is 3. The second-order valence-electron chi connectivity index (χ2n) is 6.14. The number of hydrogen-bond acceptors (Lipinski definition) is 4. The van der Waals surface area contributed by atoms with Gasteiger partial charge in [-0.05, 0) is 52.6 Å². The highest BCUT2D eigenvalue weighted by Crippen LogP contribution is 2.40. The van der Waals surface area contributed by atoms with Gasteiger partial charge in [-0.2, -0.15) is 0 Å². The SMILES string of the molecule is CCNC1(c2nc3c(s2)CCC3)CCN(C)C(C)C1. The van der Waals surface area contributed by atoms with Gasteiger partial charge in [0, 0.05) is 17.5 Å². The van der Waals surface area contributed by atoms with Gasteiger partial charge in [-0.1, -0.05) is 6.92 Å². The number of fused-ring (bicyclic) bond motifs is 1. The fraction of sp³-hybridized carbons (Fsp3) is 0.800. The molecule has 0 aromatic carbocycles. The van der Waals surface area contributed by atoms with Crippen molar-refractivity contribution in [1.29, 1.82) is 0 Å². The zero-order valence-corrected chi connectivity index (χ0v) is 13.1. The van der Waals surface area contributed by atoms with E-state index >= 15 is 0 Å². The highest BCUT2D eigenvalue weighted by atomic mass is 32.1. The summed E-state index contributed by atoms with van der Waals surface area (Å²) in [5.74, 6) is 0. The lowest BCUT2D eigenvalue weighted by molar-refractivity contribution is 0.107. The lowest BCUT2D eigenvalue weighted by Gasteiger charge is -2.43. The van der Waals surface area contributed by atoms with Crippen molar-refractivity contribution in [3.63, 3.8) is 0 Å². The summed E-state index contributed by atoms with van der Waals surface area (Å²) < 4.78 is 0. The summed E-state index contributed by atoms with van der Waals surface area (Å²) in [5.41, 5.74) is 1.53. The van der Waals surface area contributed by atoms with Crippen molar-refractivity contribution in [2.75, 3.05) is 20.1 Å². The molecule has 0 saturated carbocycles. The Morgan fingerprint density at radius 2 is 2.32 bits per heavy atom. The maximum absolute atomic E-state index is 5.00. The number of aromatic nitrogens is 1. The number of likely N-dealkylation sites (tertiary alicyclic amines) is 1. The van der Waals surface area contributed by atoms with Gasteiger partial charge in [0.25, 0.3) is 0 Å². The summed E-state index contributed by atoms with van der Waals surface area (Å²) in [6.07, 6.45) is 6.13. The molecule has 19 heavy (non-hydrogen) atoms. The third-order valence-corrected chi connectivity index (χ3v) is 6.17. The largest absolute Gasteiger partial charge is 0.306 e. The monoisotopic (exact) mass is 279 g/mol. The highest BCUT2D eigenvalue weighted by molar-refractivity contribution is 7.12. The van der Waals surface area contributed by atoms with Crippen LogP contribution in [-0.4, -0.2) is 36.1 Å². The standard InChI is InChI=1S/C15H25N3S/c1-4-16-15(8-9-18(3)11(2)10-15)14-17-12-6-5-7-13(12)19-14/h11,16H,4-10H2,1-3H3. The Morgan fingerprint density at radius 3 is 3.00 bits per heavy atom. The molecule has 1 N–H and O–H groups in total. The Morgan fingerprint density at radius 1 is 1.47 bits per heavy atom. The Labute approximate surface area is 120 Å². The van der Waals surface area contributed by atoms with Crippen molar-refractivity contribution in [2.45, 2.75) is 57.5 Å². The molecule has 1 aliphatic carbocycles. The minimum absolute atomic E-state index is 0.135. The van der Waals surface area contributed by atoms with Crippen molar-refractivity contribution >= 4 is 11.3 Å². The van der Waals surface area contributed by atoms with Crippen LogP contribution in [0, 0.1) is 0 Å². The van der Waals surface area contributed by atoms with E-state index in [0.717, 1.165) is 6.54 Å². The van der Waals surface area contributed by atoms with Crippen LogP contribution in [0.3, 0.4) is 0 Å². The van der Waals surface area contributed by atoms with E-state index in [9.17, 15) is 0 Å². The highest BCUT2D eigenvalue weighted by Gasteiger charge is 2.41. The molecule has 0 radical (unpaired) electrons. The quantitative estimate of drug-likeness (QED) is 0.921. The maximum Gasteiger partial charge on any atom is 0.113 e. The van der Waals surface area contributed by atoms with E-state index in [0.29, 0.717) is 6.04 Å². The molecular weight excluding hydrogens is 254 g/mol. The molecule has 1 aliphatic heterocycles. The van der Waals surface area contributed by atoms with Crippen LogP contribution in [0.15, 0.2) is 0 Å². The Bertz CT molecular complexity index is 435. The van der Waals surface area contributed by atoms with Crippen LogP contribution in [0.4, 0.5) is 0 Å². The van der Waals surface area contributed by atoms with Gasteiger partial charge >= 0.3 is 0 Å². The molecule has 2 unspecified atom stereocenters. The number of nitrogens with one attached hydrogen (secondary N) is 1. The van der Waals surface area contributed by atoms with Crippen LogP contribution in [0.2, 0.25) is 0 Å². The van der Waals surface area contributed by atoms with Crippen LogP contribution in [0.5, 0.6) is 0 Å². The minimum atomic E-state index is 0.135. The lowest BCUT2D eigenvalue weighted by Crippen LogP contribution is -2.53. The van der Waals surface area contributed by atoms with Crippen molar-refractivity contribution in [1.82, 2.24) is 15.2 Å². The number of aryl methyl sites for hydroxylation is 2. The predicted molar refractivity (Wildman–Crippen MR) is 80.8 cm³/mol. The summed E-state index contributed by atoms with van der Waals surface area (Å²) >= 11 is 1.98. The summed E-state index contributed by atoms with van der Waals surface area (Å²) in [7, 11) is 2.24. The van der Waals surface area contributed by atoms with Crippen molar-refractivity contribution in [3.8, 4) is 0 Å². The van der Waals surface area contributed by atoms with E-state index in [4.69, 9.17) is 4.98 Å². The number of piperidine rings is 1. The molecule has 1 aromatic heterocycles. The van der Waals surface area contributed by atoms with Crippen LogP contribution >= 0.6 is 11.3 Å². The zero-order chi connectivity index (χ0) is 13.5. The van der Waals surface area contributed by atoms with Gasteiger partial charge in [0.1, 0.15) is 5.01 Å². The first kappa shape index (κ1) is 13.5. The average Bonchev–Trinajstić information content (AvgIpc) is 2.95. The van der Waals surface area contributed by atoms with E-state index in [2.05, 4.69) is 31.1 Å². The first-order chi connectivity index (χ1) is 9.14. The van der Waals surface area contributed by atoms with Gasteiger partial charge in [0.2, 0.25) is 0 Å². The molecule has 1 aromatic rings. The number of hydrogen-bond donors (Lipinski definition) is 1. The third kappa shape index (κ3) is 2.34. The van der Waals surface area contributed by atoms with Gasteiger partial charge < -0.3 is 10.2 Å². The second-order valence-corrected chi connectivity index (χ2v) is 7.22. The summed E-state index contributed by atoms with van der Waals surface area (Å²) in [5, 5.41) is 5.14. The van der Waals surface area contributed by atoms with Crippen molar-refractivity contribution < 1.29 is 0 Å². The molecular formula is C15H25N3S. The molecule has 2 heterocycles. The summed E-state index contributed by atoms with van der Waals surface area (Å²) in [6.45, 7) is 6.75. The molecule has 3 nitrogen and oxygen atoms in total. The topological polar surface area (TPSA) is 28.2 Å². The molecule has 0 spiro atoms. The molecule has 1 fully saturated rings. The Hall–Kier alpha value is -0.450. The molecule has 106 valence electrons. The zero-order valence-electron chi connectivity index (χ0n) is 12.3. The smallest absolute Gasteiger partial charge is 0.113 e. The fourth-order valence-corrected chi connectivity index (χ4v) is 4.87. The first-order valence-corrected chi connectivity index (χ1v) is 8.40. The Kier molecular flexibility index (Phi) is 3.67. The Balaban J connectivity index is 1.91. The first-order valence-electron chi connectivity index (χ1n) is 7.59. The van der Waals surface area contributed by atoms with E-state index in [1.165, 1.54) is 49.4 Å². The van der Waals surface area contributed by atoms with Crippen LogP contribution in [0.25, 0.3) is 0 Å². The molecule has 4 heteroatoms. The third-order valence-electron chi connectivity index (χ3n) is 4.81.